The second kappa shape index (κ2) is 7.41. The largest absolute Gasteiger partial charge is 0.381 e. The molecule has 5 unspecified atom stereocenters. The highest BCUT2D eigenvalue weighted by Crippen LogP contribution is 2.39. The summed E-state index contributed by atoms with van der Waals surface area (Å²) in [4.78, 5) is 0. The van der Waals surface area contributed by atoms with Gasteiger partial charge in [-0.05, 0) is 25.3 Å². The van der Waals surface area contributed by atoms with E-state index in [-0.39, 0.29) is 0 Å². The Morgan fingerprint density at radius 3 is 2.78 bits per heavy atom. The third kappa shape index (κ3) is 3.81. The van der Waals surface area contributed by atoms with Crippen LogP contribution in [0.5, 0.6) is 0 Å². The van der Waals surface area contributed by atoms with Crippen molar-refractivity contribution in [3.63, 3.8) is 0 Å². The van der Waals surface area contributed by atoms with Crippen molar-refractivity contribution in [2.75, 3.05) is 25.5 Å². The first-order valence-corrected chi connectivity index (χ1v) is 9.29. The number of rotatable bonds is 4. The van der Waals surface area contributed by atoms with E-state index in [2.05, 4.69) is 49.6 Å². The van der Waals surface area contributed by atoms with E-state index in [1.165, 1.54) is 18.6 Å². The van der Waals surface area contributed by atoms with E-state index < -0.39 is 0 Å². The fourth-order valence-corrected chi connectivity index (χ4v) is 6.09. The van der Waals surface area contributed by atoms with Crippen LogP contribution in [0.3, 0.4) is 0 Å². The zero-order valence-corrected chi connectivity index (χ0v) is 13.5. The first-order chi connectivity index (χ1) is 8.72. The van der Waals surface area contributed by atoms with Crippen LogP contribution in [0.4, 0.5) is 0 Å². The van der Waals surface area contributed by atoms with Crippen molar-refractivity contribution in [3.05, 3.63) is 0 Å². The van der Waals surface area contributed by atoms with Crippen molar-refractivity contribution < 1.29 is 4.74 Å². The Hall–Kier alpha value is 0.620. The molecule has 0 aromatic heterocycles. The summed E-state index contributed by atoms with van der Waals surface area (Å²) in [6.45, 7) is 9.98. The minimum atomic E-state index is 0.641. The first-order valence-electron chi connectivity index (χ1n) is 7.30. The van der Waals surface area contributed by atoms with Gasteiger partial charge in [-0.2, -0.15) is 23.5 Å². The van der Waals surface area contributed by atoms with E-state index in [4.69, 9.17) is 4.74 Å². The molecule has 2 saturated heterocycles. The Morgan fingerprint density at radius 2 is 2.17 bits per heavy atom. The van der Waals surface area contributed by atoms with Crippen LogP contribution in [0.15, 0.2) is 0 Å². The van der Waals surface area contributed by atoms with Gasteiger partial charge < -0.3 is 10.1 Å². The smallest absolute Gasteiger partial charge is 0.0509 e. The van der Waals surface area contributed by atoms with E-state index in [1.807, 2.05) is 0 Å². The van der Waals surface area contributed by atoms with Gasteiger partial charge in [0.05, 0.1) is 6.61 Å². The summed E-state index contributed by atoms with van der Waals surface area (Å²) < 4.78 is 5.69. The average Bonchev–Trinajstić information content (AvgIpc) is 2.40. The van der Waals surface area contributed by atoms with Crippen LogP contribution < -0.4 is 5.32 Å². The van der Waals surface area contributed by atoms with Gasteiger partial charge in [0, 0.05) is 34.2 Å². The topological polar surface area (TPSA) is 21.3 Å². The fraction of sp³-hybridized carbons (Fsp3) is 1.00. The molecule has 2 heterocycles. The quantitative estimate of drug-likeness (QED) is 0.858. The molecule has 0 amide bonds. The highest BCUT2D eigenvalue weighted by Gasteiger charge is 2.35. The van der Waals surface area contributed by atoms with Crippen molar-refractivity contribution in [2.24, 2.45) is 5.92 Å². The minimum Gasteiger partial charge on any atom is -0.381 e. The predicted octanol–water partition coefficient (Wildman–Crippen LogP) is 3.02. The maximum atomic E-state index is 5.69. The molecule has 0 radical (unpaired) electrons. The Bertz CT molecular complexity index is 246. The fourth-order valence-electron chi connectivity index (χ4n) is 2.88. The van der Waals surface area contributed by atoms with Crippen LogP contribution in [0, 0.1) is 5.92 Å². The van der Waals surface area contributed by atoms with Crippen molar-refractivity contribution in [3.8, 4) is 0 Å². The lowest BCUT2D eigenvalue weighted by molar-refractivity contribution is 0.0399. The molecule has 2 nitrogen and oxygen atoms in total. The zero-order chi connectivity index (χ0) is 13.0. The highest BCUT2D eigenvalue weighted by molar-refractivity contribution is 8.07. The molecule has 5 atom stereocenters. The molecule has 106 valence electrons. The molecule has 4 heteroatoms. The molecule has 0 aromatic carbocycles. The highest BCUT2D eigenvalue weighted by atomic mass is 32.2. The number of nitrogens with one attached hydrogen (secondary N) is 1. The first kappa shape index (κ1) is 15.0. The van der Waals surface area contributed by atoms with Crippen LogP contribution in [0.1, 0.15) is 33.6 Å². The second-order valence-electron chi connectivity index (χ2n) is 5.48. The molecule has 0 saturated carbocycles. The van der Waals surface area contributed by atoms with Crippen LogP contribution in [-0.4, -0.2) is 47.3 Å². The van der Waals surface area contributed by atoms with E-state index in [9.17, 15) is 0 Å². The van der Waals surface area contributed by atoms with Gasteiger partial charge in [0.1, 0.15) is 0 Å². The molecule has 0 spiro atoms. The number of hydrogen-bond donors (Lipinski definition) is 1. The number of thioether (sulfide) groups is 2. The third-order valence-electron chi connectivity index (χ3n) is 4.12. The van der Waals surface area contributed by atoms with E-state index in [0.717, 1.165) is 41.4 Å². The van der Waals surface area contributed by atoms with Crippen molar-refractivity contribution in [1.82, 2.24) is 5.32 Å². The van der Waals surface area contributed by atoms with E-state index in [0.29, 0.717) is 6.04 Å². The molecule has 2 rings (SSSR count). The Kier molecular flexibility index (Phi) is 6.19. The van der Waals surface area contributed by atoms with Gasteiger partial charge in [-0.15, -0.1) is 0 Å². The summed E-state index contributed by atoms with van der Waals surface area (Å²) >= 11 is 4.35. The van der Waals surface area contributed by atoms with Crippen LogP contribution in [0.2, 0.25) is 0 Å². The van der Waals surface area contributed by atoms with Crippen molar-refractivity contribution >= 4 is 23.5 Å². The lowest BCUT2D eigenvalue weighted by Crippen LogP contribution is -2.50. The molecule has 0 aromatic rings. The monoisotopic (exact) mass is 289 g/mol. The van der Waals surface area contributed by atoms with E-state index >= 15 is 0 Å². The van der Waals surface area contributed by atoms with Crippen LogP contribution in [-0.2, 0) is 4.74 Å². The molecule has 18 heavy (non-hydrogen) atoms. The Balaban J connectivity index is 1.95. The maximum Gasteiger partial charge on any atom is 0.0509 e. The third-order valence-corrected chi connectivity index (χ3v) is 7.63. The molecular weight excluding hydrogens is 262 g/mol. The van der Waals surface area contributed by atoms with Crippen molar-refractivity contribution in [2.45, 2.75) is 55.4 Å². The summed E-state index contributed by atoms with van der Waals surface area (Å²) in [7, 11) is 0. The molecule has 2 aliphatic rings. The maximum absolute atomic E-state index is 5.69. The predicted molar refractivity (Wildman–Crippen MR) is 83.8 cm³/mol. The average molecular weight is 290 g/mol. The summed E-state index contributed by atoms with van der Waals surface area (Å²) in [6.07, 6.45) is 2.58. The van der Waals surface area contributed by atoms with Gasteiger partial charge in [-0.3, -0.25) is 0 Å². The minimum absolute atomic E-state index is 0.641. The summed E-state index contributed by atoms with van der Waals surface area (Å²) in [5.74, 6) is 2.02. The van der Waals surface area contributed by atoms with Gasteiger partial charge in [0.25, 0.3) is 0 Å². The summed E-state index contributed by atoms with van der Waals surface area (Å²) in [6, 6.07) is 0.641. The summed E-state index contributed by atoms with van der Waals surface area (Å²) in [5, 5.41) is 6.08. The molecule has 0 bridgehead atoms. The van der Waals surface area contributed by atoms with Gasteiger partial charge in [0.15, 0.2) is 0 Å². The van der Waals surface area contributed by atoms with Gasteiger partial charge in [-0.25, -0.2) is 0 Å². The number of ether oxygens (including phenoxy) is 1. The molecule has 2 fully saturated rings. The molecular formula is C14H27NOS2. The molecule has 0 aliphatic carbocycles. The number of hydrogen-bond acceptors (Lipinski definition) is 4. The van der Waals surface area contributed by atoms with Crippen molar-refractivity contribution in [1.29, 1.82) is 0 Å². The molecule has 1 N–H and O–H groups in total. The normalized spacial score (nSPS) is 39.5. The zero-order valence-electron chi connectivity index (χ0n) is 11.9. The SMILES string of the molecule is CCNC(C1CCCOC1)C1CSC(C)C(C)S1. The lowest BCUT2D eigenvalue weighted by atomic mass is 9.91. The second-order valence-corrected chi connectivity index (χ2v) is 8.51. The molecule has 2 aliphatic heterocycles. The summed E-state index contributed by atoms with van der Waals surface area (Å²) in [5.41, 5.74) is 0. The van der Waals surface area contributed by atoms with E-state index in [1.54, 1.807) is 0 Å². The van der Waals surface area contributed by atoms with Gasteiger partial charge in [0.2, 0.25) is 0 Å². The Labute approximate surface area is 120 Å². The lowest BCUT2D eigenvalue weighted by Gasteiger charge is -2.40. The van der Waals surface area contributed by atoms with Crippen LogP contribution >= 0.6 is 23.5 Å². The van der Waals surface area contributed by atoms with Gasteiger partial charge >= 0.3 is 0 Å². The Morgan fingerprint density at radius 1 is 1.33 bits per heavy atom. The standard InChI is InChI=1S/C14H27NOS2/c1-4-15-14(12-6-5-7-16-8-12)13-9-17-10(2)11(3)18-13/h10-15H,4-9H2,1-3H3. The van der Waals surface area contributed by atoms with Gasteiger partial charge in [-0.1, -0.05) is 20.8 Å². The van der Waals surface area contributed by atoms with Crippen LogP contribution in [0.25, 0.3) is 0 Å².